The van der Waals surface area contributed by atoms with Crippen LogP contribution in [0.3, 0.4) is 0 Å². The number of benzene rings is 2. The van der Waals surface area contributed by atoms with E-state index in [9.17, 15) is 9.59 Å². The summed E-state index contributed by atoms with van der Waals surface area (Å²) in [5.74, 6) is -0.317. The van der Waals surface area contributed by atoms with Crippen LogP contribution < -0.4 is 10.1 Å². The summed E-state index contributed by atoms with van der Waals surface area (Å²) >= 11 is 0. The van der Waals surface area contributed by atoms with Crippen molar-refractivity contribution >= 4 is 23.6 Å². The molecule has 1 atom stereocenters. The number of methoxy groups -OCH3 is 1. The number of carbonyl (C=O) groups is 2. The van der Waals surface area contributed by atoms with Crippen molar-refractivity contribution in [2.24, 2.45) is 0 Å². The second-order valence-electron chi connectivity index (χ2n) is 6.42. The molecule has 0 aliphatic rings. The molecule has 1 amide bonds. The highest BCUT2D eigenvalue weighted by molar-refractivity contribution is 5.97. The van der Waals surface area contributed by atoms with Crippen LogP contribution in [0.2, 0.25) is 0 Å². The fourth-order valence-corrected chi connectivity index (χ4v) is 2.83. The van der Waals surface area contributed by atoms with Gasteiger partial charge in [0.2, 0.25) is 0 Å². The zero-order chi connectivity index (χ0) is 20.0. The predicted molar refractivity (Wildman–Crippen MR) is 107 cm³/mol. The first-order chi connectivity index (χ1) is 12.8. The van der Waals surface area contributed by atoms with Crippen molar-refractivity contribution < 1.29 is 19.1 Å². The van der Waals surface area contributed by atoms with Crippen LogP contribution in [0.5, 0.6) is 5.75 Å². The molecule has 0 spiro atoms. The third-order valence-electron chi connectivity index (χ3n) is 4.13. The van der Waals surface area contributed by atoms with E-state index < -0.39 is 12.1 Å². The molecule has 0 aromatic heterocycles. The quantitative estimate of drug-likeness (QED) is 0.614. The Kier molecular flexibility index (Phi) is 6.77. The van der Waals surface area contributed by atoms with Crippen molar-refractivity contribution in [1.29, 1.82) is 0 Å². The van der Waals surface area contributed by atoms with E-state index in [2.05, 4.69) is 5.32 Å². The molecule has 1 N–H and O–H groups in total. The van der Waals surface area contributed by atoms with E-state index in [4.69, 9.17) is 9.47 Å². The number of ether oxygens (including phenoxy) is 2. The van der Waals surface area contributed by atoms with E-state index in [1.165, 1.54) is 6.08 Å². The van der Waals surface area contributed by atoms with Gasteiger partial charge < -0.3 is 14.8 Å². The van der Waals surface area contributed by atoms with Crippen LogP contribution in [0.4, 0.5) is 5.69 Å². The first kappa shape index (κ1) is 20.2. The van der Waals surface area contributed by atoms with Crippen LogP contribution in [-0.2, 0) is 14.3 Å². The van der Waals surface area contributed by atoms with E-state index in [0.29, 0.717) is 5.75 Å². The summed E-state index contributed by atoms with van der Waals surface area (Å²) in [4.78, 5) is 24.4. The predicted octanol–water partition coefficient (Wildman–Crippen LogP) is 4.20. The fourth-order valence-electron chi connectivity index (χ4n) is 2.83. The van der Waals surface area contributed by atoms with Gasteiger partial charge in [0, 0.05) is 17.3 Å². The first-order valence-corrected chi connectivity index (χ1v) is 8.72. The molecule has 27 heavy (non-hydrogen) atoms. The van der Waals surface area contributed by atoms with Crippen LogP contribution in [0.25, 0.3) is 6.08 Å². The van der Waals surface area contributed by atoms with E-state index in [1.807, 2.05) is 51.1 Å². The van der Waals surface area contributed by atoms with Crippen molar-refractivity contribution in [2.45, 2.75) is 33.8 Å². The van der Waals surface area contributed by atoms with Gasteiger partial charge in [-0.2, -0.15) is 0 Å². The average Bonchev–Trinajstić information content (AvgIpc) is 2.62. The third-order valence-corrected chi connectivity index (χ3v) is 4.13. The fraction of sp³-hybridized carbons (Fsp3) is 0.273. The van der Waals surface area contributed by atoms with Crippen LogP contribution >= 0.6 is 0 Å². The number of hydrogen-bond donors (Lipinski definition) is 1. The molecule has 5 heteroatoms. The van der Waals surface area contributed by atoms with E-state index in [-0.39, 0.29) is 5.91 Å². The first-order valence-electron chi connectivity index (χ1n) is 8.72. The Morgan fingerprint density at radius 3 is 2.33 bits per heavy atom. The van der Waals surface area contributed by atoms with Gasteiger partial charge in [0.1, 0.15) is 5.75 Å². The van der Waals surface area contributed by atoms with Crippen LogP contribution in [0.1, 0.15) is 29.2 Å². The molecule has 142 valence electrons. The molecule has 2 aromatic carbocycles. The summed E-state index contributed by atoms with van der Waals surface area (Å²) in [6.45, 7) is 7.41. The Labute approximate surface area is 160 Å². The Morgan fingerprint density at radius 1 is 1.07 bits per heavy atom. The van der Waals surface area contributed by atoms with Crippen molar-refractivity contribution in [3.63, 3.8) is 0 Å². The lowest BCUT2D eigenvalue weighted by molar-refractivity contribution is -0.148. The number of nitrogens with one attached hydrogen (secondary N) is 1. The highest BCUT2D eigenvalue weighted by Crippen LogP contribution is 2.22. The average molecular weight is 367 g/mol. The number of para-hydroxylation sites is 1. The third kappa shape index (κ3) is 5.45. The SMILES string of the molecule is COc1ccccc1/C=C/C(=O)O[C@@H](C)C(=O)Nc1c(C)cc(C)cc1C. The lowest BCUT2D eigenvalue weighted by Gasteiger charge is -2.16. The second-order valence-corrected chi connectivity index (χ2v) is 6.42. The molecule has 0 saturated carbocycles. The van der Waals surface area contributed by atoms with Crippen molar-refractivity contribution in [3.8, 4) is 5.75 Å². The van der Waals surface area contributed by atoms with Gasteiger partial charge in [-0.25, -0.2) is 4.79 Å². The summed E-state index contributed by atoms with van der Waals surface area (Å²) in [6.07, 6.45) is 1.96. The summed E-state index contributed by atoms with van der Waals surface area (Å²) in [5.41, 5.74) is 4.56. The molecule has 2 aromatic rings. The Morgan fingerprint density at radius 2 is 1.70 bits per heavy atom. The van der Waals surface area contributed by atoms with Gasteiger partial charge in [-0.05, 0) is 51.0 Å². The monoisotopic (exact) mass is 367 g/mol. The number of anilines is 1. The van der Waals surface area contributed by atoms with Gasteiger partial charge in [0.15, 0.2) is 6.10 Å². The Balaban J connectivity index is 2.00. The van der Waals surface area contributed by atoms with Gasteiger partial charge in [0.25, 0.3) is 5.91 Å². The largest absolute Gasteiger partial charge is 0.496 e. The minimum absolute atomic E-state index is 0.371. The molecular weight excluding hydrogens is 342 g/mol. The number of aryl methyl sites for hydroxylation is 3. The van der Waals surface area contributed by atoms with Crippen LogP contribution in [0, 0.1) is 20.8 Å². The summed E-state index contributed by atoms with van der Waals surface area (Å²) in [5, 5.41) is 2.84. The molecule has 5 nitrogen and oxygen atoms in total. The molecule has 0 fully saturated rings. The van der Waals surface area contributed by atoms with Crippen molar-refractivity contribution in [3.05, 3.63) is 64.7 Å². The standard InChI is InChI=1S/C22H25NO4/c1-14-12-15(2)21(16(3)13-14)23-22(25)17(4)27-20(24)11-10-18-8-6-7-9-19(18)26-5/h6-13,17H,1-5H3,(H,23,25)/b11-10+/t17-/m0/s1. The molecular formula is C22H25NO4. The van der Waals surface area contributed by atoms with Gasteiger partial charge in [-0.15, -0.1) is 0 Å². The number of carbonyl (C=O) groups excluding carboxylic acids is 2. The molecule has 0 saturated heterocycles. The zero-order valence-corrected chi connectivity index (χ0v) is 16.3. The number of rotatable bonds is 6. The van der Waals surface area contributed by atoms with Gasteiger partial charge in [-0.3, -0.25) is 4.79 Å². The van der Waals surface area contributed by atoms with E-state index in [1.54, 1.807) is 26.2 Å². The minimum atomic E-state index is -0.917. The van der Waals surface area contributed by atoms with Crippen LogP contribution in [0.15, 0.2) is 42.5 Å². The summed E-state index contributed by atoms with van der Waals surface area (Å²) < 4.78 is 10.4. The second kappa shape index (κ2) is 9.03. The highest BCUT2D eigenvalue weighted by Gasteiger charge is 2.18. The highest BCUT2D eigenvalue weighted by atomic mass is 16.5. The maximum Gasteiger partial charge on any atom is 0.331 e. The maximum atomic E-state index is 12.4. The summed E-state index contributed by atoms with van der Waals surface area (Å²) in [7, 11) is 1.56. The number of esters is 1. The van der Waals surface area contributed by atoms with Gasteiger partial charge in [-0.1, -0.05) is 35.9 Å². The summed E-state index contributed by atoms with van der Waals surface area (Å²) in [6, 6.07) is 11.3. The van der Waals surface area contributed by atoms with Crippen molar-refractivity contribution in [2.75, 3.05) is 12.4 Å². The maximum absolute atomic E-state index is 12.4. The number of hydrogen-bond acceptors (Lipinski definition) is 4. The molecule has 0 bridgehead atoms. The molecule has 0 aliphatic heterocycles. The molecule has 0 heterocycles. The van der Waals surface area contributed by atoms with Gasteiger partial charge in [0.05, 0.1) is 7.11 Å². The molecule has 0 unspecified atom stereocenters. The van der Waals surface area contributed by atoms with Crippen molar-refractivity contribution in [1.82, 2.24) is 0 Å². The van der Waals surface area contributed by atoms with Crippen LogP contribution in [-0.4, -0.2) is 25.1 Å². The smallest absolute Gasteiger partial charge is 0.331 e. The minimum Gasteiger partial charge on any atom is -0.496 e. The van der Waals surface area contributed by atoms with Gasteiger partial charge >= 0.3 is 5.97 Å². The van der Waals surface area contributed by atoms with E-state index >= 15 is 0 Å². The van der Waals surface area contributed by atoms with E-state index in [0.717, 1.165) is 27.9 Å². The molecule has 2 rings (SSSR count). The molecule has 0 radical (unpaired) electrons. The Hall–Kier alpha value is -3.08. The Bertz CT molecular complexity index is 847. The zero-order valence-electron chi connectivity index (χ0n) is 16.3. The topological polar surface area (TPSA) is 64.6 Å². The normalized spacial score (nSPS) is 11.9. The number of amides is 1. The lowest BCUT2D eigenvalue weighted by atomic mass is 10.0. The molecule has 0 aliphatic carbocycles. The lowest BCUT2D eigenvalue weighted by Crippen LogP contribution is -2.30.